The number of carbonyl (C=O) groups is 2. The third-order valence-electron chi connectivity index (χ3n) is 3.84. The van der Waals surface area contributed by atoms with Crippen molar-refractivity contribution in [1.29, 1.82) is 0 Å². The summed E-state index contributed by atoms with van der Waals surface area (Å²) in [6.45, 7) is 0. The molecule has 0 bridgehead atoms. The molecule has 2 amide bonds. The number of fused-ring (bicyclic) bond motifs is 1. The minimum Gasteiger partial charge on any atom is -0.321 e. The Morgan fingerprint density at radius 2 is 1.73 bits per heavy atom. The van der Waals surface area contributed by atoms with Crippen molar-refractivity contribution >= 4 is 39.9 Å². The fourth-order valence-electron chi connectivity index (χ4n) is 2.60. The molecule has 0 aliphatic rings. The second kappa shape index (κ2) is 6.81. The van der Waals surface area contributed by atoms with Crippen molar-refractivity contribution in [3.8, 4) is 0 Å². The first kappa shape index (κ1) is 16.0. The average molecular weight is 362 g/mol. The lowest BCUT2D eigenvalue weighted by molar-refractivity contribution is 0.101. The maximum Gasteiger partial charge on any atom is 0.272 e. The van der Waals surface area contributed by atoms with Crippen molar-refractivity contribution < 1.29 is 9.59 Å². The van der Waals surface area contributed by atoms with Crippen LogP contribution in [0.2, 0.25) is 0 Å². The summed E-state index contributed by atoms with van der Waals surface area (Å²) in [5.41, 5.74) is 5.20. The summed E-state index contributed by atoms with van der Waals surface area (Å²) >= 11 is 1.34. The van der Waals surface area contributed by atoms with Gasteiger partial charge in [0.05, 0.1) is 27.2 Å². The van der Waals surface area contributed by atoms with Crippen molar-refractivity contribution in [2.24, 2.45) is 0 Å². The van der Waals surface area contributed by atoms with E-state index < -0.39 is 0 Å². The van der Waals surface area contributed by atoms with E-state index >= 15 is 0 Å². The molecule has 0 saturated carbocycles. The van der Waals surface area contributed by atoms with Gasteiger partial charge in [-0.2, -0.15) is 0 Å². The Morgan fingerprint density at radius 1 is 0.923 bits per heavy atom. The van der Waals surface area contributed by atoms with Gasteiger partial charge >= 0.3 is 0 Å². The highest BCUT2D eigenvalue weighted by Gasteiger charge is 2.15. The smallest absolute Gasteiger partial charge is 0.272 e. The minimum absolute atomic E-state index is 0.242. The second-order valence-corrected chi connectivity index (χ2v) is 6.47. The zero-order valence-corrected chi connectivity index (χ0v) is 14.4. The highest BCUT2D eigenvalue weighted by Crippen LogP contribution is 2.19. The molecular formula is C19H14N4O2S. The van der Waals surface area contributed by atoms with E-state index in [0.29, 0.717) is 16.1 Å². The van der Waals surface area contributed by atoms with E-state index in [4.69, 9.17) is 0 Å². The van der Waals surface area contributed by atoms with Gasteiger partial charge in [-0.05, 0) is 35.7 Å². The monoisotopic (exact) mass is 362 g/mol. The summed E-state index contributed by atoms with van der Waals surface area (Å²) in [6.07, 6.45) is 1.55. The Hall–Kier alpha value is -3.45. The normalized spacial score (nSPS) is 10.6. The average Bonchev–Trinajstić information content (AvgIpc) is 3.33. The van der Waals surface area contributed by atoms with Crippen molar-refractivity contribution in [2.45, 2.75) is 0 Å². The van der Waals surface area contributed by atoms with Crippen LogP contribution in [0.25, 0.3) is 11.0 Å². The van der Waals surface area contributed by atoms with Crippen molar-refractivity contribution in [1.82, 2.24) is 9.66 Å². The number of anilines is 1. The Bertz CT molecular complexity index is 1090. The zero-order chi connectivity index (χ0) is 17.9. The van der Waals surface area contributed by atoms with E-state index in [1.54, 1.807) is 41.3 Å². The largest absolute Gasteiger partial charge is 0.321 e. The molecule has 2 N–H and O–H groups in total. The topological polar surface area (TPSA) is 76.0 Å². The van der Waals surface area contributed by atoms with E-state index in [-0.39, 0.29) is 11.8 Å². The van der Waals surface area contributed by atoms with Crippen molar-refractivity contribution in [3.05, 3.63) is 82.8 Å². The van der Waals surface area contributed by atoms with Crippen LogP contribution < -0.4 is 10.7 Å². The summed E-state index contributed by atoms with van der Waals surface area (Å²) < 4.78 is 1.57. The highest BCUT2D eigenvalue weighted by molar-refractivity contribution is 7.12. The molecule has 0 unspecified atom stereocenters. The summed E-state index contributed by atoms with van der Waals surface area (Å²) in [4.78, 5) is 29.9. The standard InChI is InChI=1S/C19H14N4O2S/c24-18(22-23-12-20-15-8-3-4-9-16(15)23)13-6-1-2-7-14(13)21-19(25)17-10-5-11-26-17/h1-12H,(H,21,25)(H,22,24). The first-order valence-electron chi connectivity index (χ1n) is 7.90. The van der Waals surface area contributed by atoms with Gasteiger partial charge in [0.2, 0.25) is 0 Å². The lowest BCUT2D eigenvalue weighted by Gasteiger charge is -2.12. The second-order valence-electron chi connectivity index (χ2n) is 5.52. The summed E-state index contributed by atoms with van der Waals surface area (Å²) in [5, 5.41) is 4.63. The highest BCUT2D eigenvalue weighted by atomic mass is 32.1. The maximum absolute atomic E-state index is 12.7. The molecule has 26 heavy (non-hydrogen) atoms. The van der Waals surface area contributed by atoms with Crippen LogP contribution in [0, 0.1) is 0 Å². The predicted molar refractivity (Wildman–Crippen MR) is 102 cm³/mol. The lowest BCUT2D eigenvalue weighted by Crippen LogP contribution is -2.24. The molecule has 0 radical (unpaired) electrons. The number of amides is 2. The summed E-state index contributed by atoms with van der Waals surface area (Å²) in [7, 11) is 0. The molecule has 0 saturated heterocycles. The van der Waals surface area contributed by atoms with Gasteiger partial charge < -0.3 is 5.32 Å². The van der Waals surface area contributed by atoms with Crippen LogP contribution in [0.4, 0.5) is 5.69 Å². The molecule has 0 aliphatic carbocycles. The molecule has 2 aromatic heterocycles. The van der Waals surface area contributed by atoms with Gasteiger partial charge in [-0.1, -0.05) is 30.3 Å². The molecule has 2 aromatic carbocycles. The summed E-state index contributed by atoms with van der Waals surface area (Å²) in [5.74, 6) is -0.580. The SMILES string of the molecule is O=C(Nc1ccccc1C(=O)Nn1cnc2ccccc21)c1cccs1. The summed E-state index contributed by atoms with van der Waals surface area (Å²) in [6, 6.07) is 17.9. The molecule has 0 spiro atoms. The Balaban J connectivity index is 1.59. The minimum atomic E-state index is -0.338. The molecule has 0 fully saturated rings. The van der Waals surface area contributed by atoms with Crippen LogP contribution in [0.3, 0.4) is 0 Å². The number of aromatic nitrogens is 2. The lowest BCUT2D eigenvalue weighted by atomic mass is 10.1. The number of thiophene rings is 1. The van der Waals surface area contributed by atoms with E-state index in [2.05, 4.69) is 15.7 Å². The molecule has 6 nitrogen and oxygen atoms in total. The fourth-order valence-corrected chi connectivity index (χ4v) is 3.22. The van der Waals surface area contributed by atoms with Gasteiger partial charge in [0.15, 0.2) is 0 Å². The fraction of sp³-hybridized carbons (Fsp3) is 0. The number of hydrogen-bond acceptors (Lipinski definition) is 4. The Labute approximate surface area is 153 Å². The molecule has 0 aliphatic heterocycles. The molecule has 4 rings (SSSR count). The quantitative estimate of drug-likeness (QED) is 0.581. The van der Waals surface area contributed by atoms with Gasteiger partial charge in [0.1, 0.15) is 6.33 Å². The van der Waals surface area contributed by atoms with Crippen molar-refractivity contribution in [3.63, 3.8) is 0 Å². The third-order valence-corrected chi connectivity index (χ3v) is 4.71. The van der Waals surface area contributed by atoms with Gasteiger partial charge in [-0.3, -0.25) is 15.0 Å². The van der Waals surface area contributed by atoms with Crippen molar-refractivity contribution in [2.75, 3.05) is 10.7 Å². The number of carbonyl (C=O) groups excluding carboxylic acids is 2. The molecule has 7 heteroatoms. The number of benzene rings is 2. The van der Waals surface area contributed by atoms with E-state index in [0.717, 1.165) is 11.0 Å². The number of imidazole rings is 1. The molecule has 2 heterocycles. The third kappa shape index (κ3) is 3.07. The number of nitrogens with zero attached hydrogens (tertiary/aromatic N) is 2. The molecular weight excluding hydrogens is 348 g/mol. The van der Waals surface area contributed by atoms with Crippen LogP contribution in [0.1, 0.15) is 20.0 Å². The van der Waals surface area contributed by atoms with Gasteiger partial charge in [0.25, 0.3) is 11.8 Å². The number of para-hydroxylation sites is 3. The van der Waals surface area contributed by atoms with E-state index in [9.17, 15) is 9.59 Å². The maximum atomic E-state index is 12.7. The number of hydrogen-bond donors (Lipinski definition) is 2. The molecule has 4 aromatic rings. The predicted octanol–water partition coefficient (Wildman–Crippen LogP) is 3.73. The van der Waals surface area contributed by atoms with E-state index in [1.807, 2.05) is 35.7 Å². The first-order valence-corrected chi connectivity index (χ1v) is 8.77. The van der Waals surface area contributed by atoms with Gasteiger partial charge in [-0.15, -0.1) is 11.3 Å². The zero-order valence-electron chi connectivity index (χ0n) is 13.5. The number of rotatable bonds is 4. The van der Waals surface area contributed by atoms with Crippen LogP contribution in [-0.4, -0.2) is 21.5 Å². The van der Waals surface area contributed by atoms with Gasteiger partial charge in [-0.25, -0.2) is 9.66 Å². The van der Waals surface area contributed by atoms with Crippen LogP contribution >= 0.6 is 11.3 Å². The Morgan fingerprint density at radius 3 is 2.58 bits per heavy atom. The van der Waals surface area contributed by atoms with Gasteiger partial charge in [0, 0.05) is 0 Å². The number of nitrogens with one attached hydrogen (secondary N) is 2. The Kier molecular flexibility index (Phi) is 4.20. The van der Waals surface area contributed by atoms with Crippen LogP contribution in [0.5, 0.6) is 0 Å². The first-order chi connectivity index (χ1) is 12.7. The van der Waals surface area contributed by atoms with Crippen LogP contribution in [0.15, 0.2) is 72.4 Å². The molecule has 0 atom stereocenters. The van der Waals surface area contributed by atoms with Crippen LogP contribution in [-0.2, 0) is 0 Å². The van der Waals surface area contributed by atoms with E-state index in [1.165, 1.54) is 11.3 Å². The molecule has 128 valence electrons.